The Kier molecular flexibility index (Phi) is 6.05. The number of nitro groups is 1. The van der Waals surface area contributed by atoms with Gasteiger partial charge in [-0.3, -0.25) is 10.1 Å². The summed E-state index contributed by atoms with van der Waals surface area (Å²) in [5.74, 6) is 0. The fourth-order valence-electron chi connectivity index (χ4n) is 2.63. The number of benzene rings is 1. The van der Waals surface area contributed by atoms with Crippen LogP contribution in [0.3, 0.4) is 0 Å². The molecular weight excluding hydrogens is 322 g/mol. The van der Waals surface area contributed by atoms with Gasteiger partial charge in [0.1, 0.15) is 0 Å². The molecule has 2 rings (SSSR count). The van der Waals surface area contributed by atoms with E-state index in [-0.39, 0.29) is 16.6 Å². The number of para-hydroxylation sites is 1. The zero-order valence-corrected chi connectivity index (χ0v) is 13.8. The van der Waals surface area contributed by atoms with Gasteiger partial charge in [-0.1, -0.05) is 12.1 Å². The Balaban J connectivity index is 2.07. The van der Waals surface area contributed by atoms with Crippen LogP contribution >= 0.6 is 0 Å². The lowest BCUT2D eigenvalue weighted by Gasteiger charge is -2.31. The molecule has 0 unspecified atom stereocenters. The number of nitrogens with zero attached hydrogens (tertiary/aromatic N) is 2. The first-order valence-corrected chi connectivity index (χ1v) is 8.86. The van der Waals surface area contributed by atoms with Gasteiger partial charge >= 0.3 is 0 Å². The molecule has 0 aromatic heterocycles. The number of nitro benzene ring substituents is 1. The second-order valence-electron chi connectivity index (χ2n) is 5.35. The molecule has 1 saturated heterocycles. The van der Waals surface area contributed by atoms with Crippen molar-refractivity contribution in [1.29, 1.82) is 0 Å². The summed E-state index contributed by atoms with van der Waals surface area (Å²) >= 11 is 0. The van der Waals surface area contributed by atoms with Gasteiger partial charge in [-0.15, -0.1) is 0 Å². The highest BCUT2D eigenvalue weighted by atomic mass is 32.2. The Morgan fingerprint density at radius 1 is 1.35 bits per heavy atom. The highest BCUT2D eigenvalue weighted by Crippen LogP contribution is 2.28. The standard InChI is InChI=1S/C14H21N3O5S/c1-22-11-8-15-12-6-9-16(10-7-12)23(20,21)14-5-3-2-4-13(14)17(18)19/h2-5,12,15H,6-11H2,1H3. The van der Waals surface area contributed by atoms with Crippen molar-refractivity contribution in [3.8, 4) is 0 Å². The lowest BCUT2D eigenvalue weighted by molar-refractivity contribution is -0.387. The van der Waals surface area contributed by atoms with Crippen molar-refractivity contribution in [2.75, 3.05) is 33.4 Å². The van der Waals surface area contributed by atoms with Gasteiger partial charge < -0.3 is 10.1 Å². The van der Waals surface area contributed by atoms with Crippen LogP contribution in [-0.4, -0.2) is 57.0 Å². The molecule has 1 aromatic rings. The maximum Gasteiger partial charge on any atom is 0.289 e. The molecule has 1 N–H and O–H groups in total. The van der Waals surface area contributed by atoms with Crippen LogP contribution in [-0.2, 0) is 14.8 Å². The quantitative estimate of drug-likeness (QED) is 0.450. The molecule has 1 fully saturated rings. The number of rotatable bonds is 7. The van der Waals surface area contributed by atoms with Gasteiger partial charge in [-0.05, 0) is 18.9 Å². The van der Waals surface area contributed by atoms with Crippen molar-refractivity contribution in [3.63, 3.8) is 0 Å². The van der Waals surface area contributed by atoms with Crippen LogP contribution in [0.1, 0.15) is 12.8 Å². The molecule has 0 radical (unpaired) electrons. The predicted octanol–water partition coefficient (Wildman–Crippen LogP) is 0.984. The minimum Gasteiger partial charge on any atom is -0.383 e. The third-order valence-corrected chi connectivity index (χ3v) is 5.82. The summed E-state index contributed by atoms with van der Waals surface area (Å²) in [6.45, 7) is 2.02. The van der Waals surface area contributed by atoms with E-state index < -0.39 is 14.9 Å². The van der Waals surface area contributed by atoms with Gasteiger partial charge in [0.05, 0.1) is 11.5 Å². The summed E-state index contributed by atoms with van der Waals surface area (Å²) in [6, 6.07) is 5.70. The smallest absolute Gasteiger partial charge is 0.289 e. The van der Waals surface area contributed by atoms with Crippen LogP contribution in [0.2, 0.25) is 0 Å². The van der Waals surface area contributed by atoms with Gasteiger partial charge in [0.25, 0.3) is 5.69 Å². The van der Waals surface area contributed by atoms with Gasteiger partial charge in [-0.2, -0.15) is 4.31 Å². The van der Waals surface area contributed by atoms with E-state index >= 15 is 0 Å². The molecule has 0 spiro atoms. The Labute approximate surface area is 135 Å². The number of ether oxygens (including phenoxy) is 1. The van der Waals surface area contributed by atoms with Crippen molar-refractivity contribution in [3.05, 3.63) is 34.4 Å². The van der Waals surface area contributed by atoms with Crippen molar-refractivity contribution >= 4 is 15.7 Å². The van der Waals surface area contributed by atoms with Crippen molar-refractivity contribution in [2.45, 2.75) is 23.8 Å². The SMILES string of the molecule is COCCNC1CCN(S(=O)(=O)c2ccccc2[N+](=O)[O-])CC1. The second kappa shape index (κ2) is 7.82. The number of methoxy groups -OCH3 is 1. The van der Waals surface area contributed by atoms with Gasteiger partial charge in [-0.25, -0.2) is 8.42 Å². The maximum absolute atomic E-state index is 12.7. The van der Waals surface area contributed by atoms with Crippen LogP contribution in [0, 0.1) is 10.1 Å². The summed E-state index contributed by atoms with van der Waals surface area (Å²) in [6.07, 6.45) is 1.34. The maximum atomic E-state index is 12.7. The largest absolute Gasteiger partial charge is 0.383 e. The molecule has 9 heteroatoms. The van der Waals surface area contributed by atoms with E-state index in [2.05, 4.69) is 5.32 Å². The zero-order chi connectivity index (χ0) is 16.9. The minimum atomic E-state index is -3.85. The van der Waals surface area contributed by atoms with Crippen molar-refractivity contribution in [1.82, 2.24) is 9.62 Å². The molecule has 128 valence electrons. The van der Waals surface area contributed by atoms with Gasteiger partial charge in [0.15, 0.2) is 4.90 Å². The number of nitrogens with one attached hydrogen (secondary N) is 1. The lowest BCUT2D eigenvalue weighted by Crippen LogP contribution is -2.45. The third kappa shape index (κ3) is 4.25. The van der Waals surface area contributed by atoms with Crippen LogP contribution in [0.5, 0.6) is 0 Å². The Hall–Kier alpha value is -1.55. The van der Waals surface area contributed by atoms with E-state index in [0.717, 1.165) is 6.54 Å². The number of piperidine rings is 1. The van der Waals surface area contributed by atoms with E-state index in [1.54, 1.807) is 7.11 Å². The molecule has 0 atom stereocenters. The summed E-state index contributed by atoms with van der Waals surface area (Å²) in [5.41, 5.74) is -0.382. The van der Waals surface area contributed by atoms with Crippen LogP contribution in [0.15, 0.2) is 29.2 Å². The molecule has 23 heavy (non-hydrogen) atoms. The topological polar surface area (TPSA) is 102 Å². The van der Waals surface area contributed by atoms with E-state index in [0.29, 0.717) is 32.5 Å². The van der Waals surface area contributed by atoms with Gasteiger partial charge in [0, 0.05) is 38.9 Å². The van der Waals surface area contributed by atoms with Crippen LogP contribution in [0.4, 0.5) is 5.69 Å². The Morgan fingerprint density at radius 2 is 2.00 bits per heavy atom. The third-order valence-electron chi connectivity index (χ3n) is 3.87. The average molecular weight is 343 g/mol. The average Bonchev–Trinajstić information content (AvgIpc) is 2.55. The molecule has 0 bridgehead atoms. The van der Waals surface area contributed by atoms with E-state index in [9.17, 15) is 18.5 Å². The Bertz CT molecular complexity index is 642. The van der Waals surface area contributed by atoms with E-state index in [4.69, 9.17) is 4.74 Å². The zero-order valence-electron chi connectivity index (χ0n) is 13.0. The minimum absolute atomic E-state index is 0.238. The lowest BCUT2D eigenvalue weighted by atomic mass is 10.1. The first-order chi connectivity index (χ1) is 11.0. The highest BCUT2D eigenvalue weighted by molar-refractivity contribution is 7.89. The molecule has 0 amide bonds. The summed E-state index contributed by atoms with van der Waals surface area (Å²) < 4.78 is 31.6. The van der Waals surface area contributed by atoms with Crippen molar-refractivity contribution < 1.29 is 18.1 Å². The second-order valence-corrected chi connectivity index (χ2v) is 7.26. The number of hydrogen-bond acceptors (Lipinski definition) is 6. The first kappa shape index (κ1) is 17.8. The van der Waals surface area contributed by atoms with Crippen LogP contribution in [0.25, 0.3) is 0 Å². The predicted molar refractivity (Wildman–Crippen MR) is 84.8 cm³/mol. The molecule has 8 nitrogen and oxygen atoms in total. The summed E-state index contributed by atoms with van der Waals surface area (Å²) in [7, 11) is -2.22. The fraction of sp³-hybridized carbons (Fsp3) is 0.571. The first-order valence-electron chi connectivity index (χ1n) is 7.42. The Morgan fingerprint density at radius 3 is 2.61 bits per heavy atom. The molecule has 0 saturated carbocycles. The summed E-state index contributed by atoms with van der Waals surface area (Å²) in [5, 5.41) is 14.4. The molecular formula is C14H21N3O5S. The van der Waals surface area contributed by atoms with Gasteiger partial charge in [0.2, 0.25) is 10.0 Å². The highest BCUT2D eigenvalue weighted by Gasteiger charge is 2.33. The molecule has 1 aliphatic heterocycles. The monoisotopic (exact) mass is 343 g/mol. The van der Waals surface area contributed by atoms with E-state index in [1.165, 1.54) is 28.6 Å². The number of sulfonamides is 1. The molecule has 0 aliphatic carbocycles. The van der Waals surface area contributed by atoms with Crippen molar-refractivity contribution in [2.24, 2.45) is 0 Å². The molecule has 1 aromatic carbocycles. The fourth-order valence-corrected chi connectivity index (χ4v) is 4.26. The van der Waals surface area contributed by atoms with Crippen LogP contribution < -0.4 is 5.32 Å². The summed E-state index contributed by atoms with van der Waals surface area (Å²) in [4.78, 5) is 10.1. The number of hydrogen-bond donors (Lipinski definition) is 1. The normalized spacial score (nSPS) is 17.3. The van der Waals surface area contributed by atoms with E-state index in [1.807, 2.05) is 0 Å². The molecule has 1 heterocycles. The molecule has 1 aliphatic rings.